The van der Waals surface area contributed by atoms with Crippen LogP contribution >= 0.6 is 11.8 Å². The molecule has 0 radical (unpaired) electrons. The molecule has 5 aromatic rings. The summed E-state index contributed by atoms with van der Waals surface area (Å²) in [5.41, 5.74) is 0.926. The van der Waals surface area contributed by atoms with Gasteiger partial charge in [-0.15, -0.1) is 11.8 Å². The van der Waals surface area contributed by atoms with Gasteiger partial charge < -0.3 is 20.9 Å². The number of aromatic amines is 1. The maximum Gasteiger partial charge on any atom is 0.272 e. The van der Waals surface area contributed by atoms with E-state index < -0.39 is 46.7 Å². The molecule has 0 saturated carbocycles. The van der Waals surface area contributed by atoms with E-state index in [1.165, 1.54) is 0 Å². The first-order chi connectivity index (χ1) is 21.2. The minimum absolute atomic E-state index is 0.0348. The summed E-state index contributed by atoms with van der Waals surface area (Å²) in [6.45, 7) is 0. The Morgan fingerprint density at radius 3 is 2.25 bits per heavy atom. The largest absolute Gasteiger partial charge is 0.361 e. The lowest BCUT2D eigenvalue weighted by Crippen LogP contribution is -2.30. The first kappa shape index (κ1) is 30.1. The molecule has 0 unspecified atom stereocenters. The molecule has 44 heavy (non-hydrogen) atoms. The molecule has 12 heteroatoms. The zero-order chi connectivity index (χ0) is 31.2. The van der Waals surface area contributed by atoms with Crippen molar-refractivity contribution in [1.29, 1.82) is 0 Å². The Hall–Kier alpha value is -5.36. The van der Waals surface area contributed by atoms with Crippen LogP contribution in [-0.2, 0) is 9.59 Å². The summed E-state index contributed by atoms with van der Waals surface area (Å²) in [5, 5.41) is 8.09. The summed E-state index contributed by atoms with van der Waals surface area (Å²) < 4.78 is 54.7. The van der Waals surface area contributed by atoms with E-state index in [0.29, 0.717) is 21.7 Å². The Morgan fingerprint density at radius 1 is 0.795 bits per heavy atom. The van der Waals surface area contributed by atoms with Crippen molar-refractivity contribution >= 4 is 57.8 Å². The number of anilines is 2. The topological polar surface area (TPSA) is 103 Å². The number of hydrogen-bond acceptors (Lipinski definition) is 4. The van der Waals surface area contributed by atoms with E-state index in [-0.39, 0.29) is 17.5 Å². The van der Waals surface area contributed by atoms with E-state index in [2.05, 4.69) is 15.6 Å². The number of para-hydroxylation sites is 1. The molecule has 7 nitrogen and oxygen atoms in total. The van der Waals surface area contributed by atoms with Gasteiger partial charge in [0, 0.05) is 44.9 Å². The third-order valence-electron chi connectivity index (χ3n) is 6.29. The molecule has 0 aliphatic rings. The summed E-state index contributed by atoms with van der Waals surface area (Å²) in [4.78, 5) is 42.3. The quantitative estimate of drug-likeness (QED) is 0.0627. The fourth-order valence-corrected chi connectivity index (χ4v) is 4.94. The van der Waals surface area contributed by atoms with Gasteiger partial charge in [-0.25, -0.2) is 17.6 Å². The van der Waals surface area contributed by atoms with Crippen LogP contribution in [0.5, 0.6) is 0 Å². The Morgan fingerprint density at radius 2 is 1.50 bits per heavy atom. The van der Waals surface area contributed by atoms with Crippen LogP contribution in [-0.4, -0.2) is 28.5 Å². The van der Waals surface area contributed by atoms with Crippen LogP contribution in [0.25, 0.3) is 17.0 Å². The molecular weight excluding hydrogens is 596 g/mol. The summed E-state index contributed by atoms with van der Waals surface area (Å²) in [6, 6.07) is 22.2. The van der Waals surface area contributed by atoms with Crippen LogP contribution in [0.15, 0.2) is 102 Å². The van der Waals surface area contributed by atoms with Crippen molar-refractivity contribution in [1.82, 2.24) is 10.3 Å². The van der Waals surface area contributed by atoms with Gasteiger partial charge in [-0.05, 0) is 42.5 Å². The average molecular weight is 619 g/mol. The van der Waals surface area contributed by atoms with Gasteiger partial charge in [-0.3, -0.25) is 14.4 Å². The molecule has 0 aliphatic heterocycles. The predicted molar refractivity (Wildman–Crippen MR) is 161 cm³/mol. The molecular formula is C32H22F4N4O3S. The number of hydrogen-bond donors (Lipinski definition) is 4. The number of nitrogens with one attached hydrogen (secondary N) is 4. The van der Waals surface area contributed by atoms with Gasteiger partial charge in [0.25, 0.3) is 11.8 Å². The molecule has 0 bridgehead atoms. The minimum atomic E-state index is -1.72. The van der Waals surface area contributed by atoms with Gasteiger partial charge in [-0.2, -0.15) is 0 Å². The van der Waals surface area contributed by atoms with Gasteiger partial charge in [0.05, 0.1) is 5.75 Å². The van der Waals surface area contributed by atoms with Crippen LogP contribution in [0.2, 0.25) is 0 Å². The van der Waals surface area contributed by atoms with Gasteiger partial charge in [-0.1, -0.05) is 42.5 Å². The van der Waals surface area contributed by atoms with Crippen molar-refractivity contribution in [3.05, 3.63) is 131 Å². The molecule has 0 fully saturated rings. The average Bonchev–Trinajstić information content (AvgIpc) is 3.44. The highest BCUT2D eigenvalue weighted by molar-refractivity contribution is 8.00. The van der Waals surface area contributed by atoms with E-state index >= 15 is 0 Å². The SMILES string of the molecule is O=C(CSc1cccc(NC(=O)/C(=C/c2c[nH]c3ccccc23)NC(=O)c2ccccc2)c1)Nc1c(F)c(F)cc(F)c1F. The number of carbonyl (C=O) groups is 3. The van der Waals surface area contributed by atoms with E-state index in [1.807, 2.05) is 29.6 Å². The Kier molecular flexibility index (Phi) is 9.10. The number of thioether (sulfide) groups is 1. The lowest BCUT2D eigenvalue weighted by atomic mass is 10.1. The highest BCUT2D eigenvalue weighted by atomic mass is 32.2. The second-order valence-electron chi connectivity index (χ2n) is 9.33. The zero-order valence-electron chi connectivity index (χ0n) is 22.6. The molecule has 0 spiro atoms. The molecule has 5 rings (SSSR count). The van der Waals surface area contributed by atoms with Crippen molar-refractivity contribution in [2.45, 2.75) is 4.90 Å². The van der Waals surface area contributed by atoms with E-state index in [4.69, 9.17) is 0 Å². The molecule has 0 saturated heterocycles. The summed E-state index contributed by atoms with van der Waals surface area (Å²) in [6.07, 6.45) is 3.26. The fraction of sp³-hybridized carbons (Fsp3) is 0.0312. The second kappa shape index (κ2) is 13.3. The summed E-state index contributed by atoms with van der Waals surface area (Å²) in [5.74, 6) is -9.13. The van der Waals surface area contributed by atoms with Crippen LogP contribution in [0.4, 0.5) is 28.9 Å². The molecule has 1 heterocycles. The van der Waals surface area contributed by atoms with Gasteiger partial charge in [0.15, 0.2) is 23.3 Å². The van der Waals surface area contributed by atoms with Crippen LogP contribution in [0, 0.1) is 23.3 Å². The van der Waals surface area contributed by atoms with Crippen LogP contribution < -0.4 is 16.0 Å². The number of fused-ring (bicyclic) bond motifs is 1. The van der Waals surface area contributed by atoms with Crippen molar-refractivity contribution in [3.63, 3.8) is 0 Å². The van der Waals surface area contributed by atoms with Crippen LogP contribution in [0.1, 0.15) is 15.9 Å². The number of halogens is 4. The number of benzene rings is 4. The van der Waals surface area contributed by atoms with E-state index in [0.717, 1.165) is 22.7 Å². The number of amides is 3. The van der Waals surface area contributed by atoms with E-state index in [9.17, 15) is 31.9 Å². The zero-order valence-corrected chi connectivity index (χ0v) is 23.4. The first-order valence-electron chi connectivity index (χ1n) is 13.0. The molecule has 3 amide bonds. The second-order valence-corrected chi connectivity index (χ2v) is 10.4. The number of carbonyl (C=O) groups excluding carboxylic acids is 3. The minimum Gasteiger partial charge on any atom is -0.361 e. The van der Waals surface area contributed by atoms with Crippen molar-refractivity contribution in [2.24, 2.45) is 0 Å². The van der Waals surface area contributed by atoms with E-state index in [1.54, 1.807) is 66.9 Å². The molecule has 4 aromatic carbocycles. The smallest absolute Gasteiger partial charge is 0.272 e. The highest BCUT2D eigenvalue weighted by Crippen LogP contribution is 2.26. The molecule has 1 aromatic heterocycles. The summed E-state index contributed by atoms with van der Waals surface area (Å²) in [7, 11) is 0. The fourth-order valence-electron chi connectivity index (χ4n) is 4.18. The van der Waals surface area contributed by atoms with Gasteiger partial charge in [0.2, 0.25) is 5.91 Å². The van der Waals surface area contributed by atoms with Crippen molar-refractivity contribution in [2.75, 3.05) is 16.4 Å². The van der Waals surface area contributed by atoms with Crippen molar-refractivity contribution < 1.29 is 31.9 Å². The van der Waals surface area contributed by atoms with Gasteiger partial charge in [0.1, 0.15) is 11.4 Å². The Balaban J connectivity index is 1.31. The third-order valence-corrected chi connectivity index (χ3v) is 7.28. The Bertz CT molecular complexity index is 1880. The number of H-pyrrole nitrogens is 1. The monoisotopic (exact) mass is 618 g/mol. The molecule has 0 atom stereocenters. The first-order valence-corrected chi connectivity index (χ1v) is 14.0. The van der Waals surface area contributed by atoms with Crippen molar-refractivity contribution in [3.8, 4) is 0 Å². The highest BCUT2D eigenvalue weighted by Gasteiger charge is 2.21. The Labute approximate surface area is 252 Å². The summed E-state index contributed by atoms with van der Waals surface area (Å²) >= 11 is 0.946. The normalized spacial score (nSPS) is 11.3. The molecule has 0 aliphatic carbocycles. The maximum absolute atomic E-state index is 13.9. The maximum atomic E-state index is 13.9. The lowest BCUT2D eigenvalue weighted by Gasteiger charge is -2.12. The van der Waals surface area contributed by atoms with Crippen LogP contribution in [0.3, 0.4) is 0 Å². The third kappa shape index (κ3) is 6.98. The number of rotatable bonds is 9. The number of aromatic nitrogens is 1. The predicted octanol–water partition coefficient (Wildman–Crippen LogP) is 6.86. The lowest BCUT2D eigenvalue weighted by molar-refractivity contribution is -0.114. The molecule has 222 valence electrons. The van der Waals surface area contributed by atoms with Gasteiger partial charge >= 0.3 is 0 Å². The standard InChI is InChI=1S/C32H22F4N4O3S/c33-23-15-24(34)29(36)30(28(23)35)40-27(41)17-44-21-10-6-9-20(14-21)38-32(43)26(39-31(42)18-7-2-1-3-8-18)13-19-16-37-25-12-5-4-11-22(19)25/h1-16,37H,17H2,(H,38,43)(H,39,42)(H,40,41)/b26-13-. The molecule has 4 N–H and O–H groups in total.